The van der Waals surface area contributed by atoms with Gasteiger partial charge in [-0.05, 0) is 47.6 Å². The maximum absolute atomic E-state index is 12.6. The number of benzene rings is 1. The van der Waals surface area contributed by atoms with Gasteiger partial charge in [0, 0.05) is 15.8 Å². The number of methoxy groups -OCH3 is 2. The van der Waals surface area contributed by atoms with Crippen LogP contribution in [0, 0.1) is 3.57 Å². The summed E-state index contributed by atoms with van der Waals surface area (Å²) in [6, 6.07) is 3.65. The molecule has 0 saturated heterocycles. The van der Waals surface area contributed by atoms with Crippen LogP contribution in [0.2, 0.25) is 0 Å². The van der Waals surface area contributed by atoms with Crippen molar-refractivity contribution in [2.45, 2.75) is 38.3 Å². The van der Waals surface area contributed by atoms with Crippen LogP contribution in [0.25, 0.3) is 0 Å². The molecule has 0 unspecified atom stereocenters. The lowest BCUT2D eigenvalue weighted by Gasteiger charge is -2.12. The van der Waals surface area contributed by atoms with Crippen LogP contribution in [0.4, 0.5) is 5.69 Å². The fourth-order valence-electron chi connectivity index (χ4n) is 3.23. The lowest BCUT2D eigenvalue weighted by molar-refractivity contribution is -0.122. The highest BCUT2D eigenvalue weighted by Gasteiger charge is 2.18. The zero-order valence-electron chi connectivity index (χ0n) is 15.8. The maximum atomic E-state index is 12.6. The van der Waals surface area contributed by atoms with Crippen molar-refractivity contribution in [3.8, 4) is 11.5 Å². The van der Waals surface area contributed by atoms with Crippen LogP contribution in [0.3, 0.4) is 0 Å². The lowest BCUT2D eigenvalue weighted by atomic mass is 10.2. The molecule has 2 aromatic rings. The molecule has 0 aliphatic heterocycles. The van der Waals surface area contributed by atoms with Gasteiger partial charge in [0.1, 0.15) is 6.54 Å². The summed E-state index contributed by atoms with van der Waals surface area (Å²) in [4.78, 5) is 24.7. The monoisotopic (exact) mass is 498 g/mol. The molecule has 150 valence electrons. The number of anilines is 1. The molecule has 28 heavy (non-hydrogen) atoms. The summed E-state index contributed by atoms with van der Waals surface area (Å²) in [6.07, 6.45) is 7.57. The molecule has 1 fully saturated rings. The van der Waals surface area contributed by atoms with E-state index in [4.69, 9.17) is 9.47 Å². The van der Waals surface area contributed by atoms with Crippen LogP contribution >= 0.6 is 22.6 Å². The highest BCUT2D eigenvalue weighted by Crippen LogP contribution is 2.31. The van der Waals surface area contributed by atoms with E-state index in [1.54, 1.807) is 25.4 Å². The quantitative estimate of drug-likeness (QED) is 0.573. The second-order valence-electron chi connectivity index (χ2n) is 6.62. The largest absolute Gasteiger partial charge is 0.493 e. The van der Waals surface area contributed by atoms with Gasteiger partial charge in [0.05, 0.1) is 31.7 Å². The molecule has 0 bridgehead atoms. The lowest BCUT2D eigenvalue weighted by Crippen LogP contribution is -2.35. The Balaban J connectivity index is 1.63. The average Bonchev–Trinajstić information content (AvgIpc) is 3.33. The van der Waals surface area contributed by atoms with Crippen LogP contribution in [0.5, 0.6) is 11.5 Å². The first-order valence-electron chi connectivity index (χ1n) is 9.05. The van der Waals surface area contributed by atoms with Crippen molar-refractivity contribution < 1.29 is 19.1 Å². The SMILES string of the molecule is COc1cc(I)c(C(=O)Nc2cnn(CC(=O)NC3CCCC3)c2)cc1OC. The third-order valence-corrected chi connectivity index (χ3v) is 5.53. The molecular weight excluding hydrogens is 475 g/mol. The summed E-state index contributed by atoms with van der Waals surface area (Å²) >= 11 is 2.07. The van der Waals surface area contributed by atoms with Gasteiger partial charge < -0.3 is 20.1 Å². The molecule has 1 saturated carbocycles. The topological polar surface area (TPSA) is 94.5 Å². The molecule has 1 aromatic carbocycles. The number of carbonyl (C=O) groups is 2. The number of nitrogens with one attached hydrogen (secondary N) is 2. The number of hydrogen-bond acceptors (Lipinski definition) is 5. The number of rotatable bonds is 7. The third-order valence-electron chi connectivity index (χ3n) is 4.63. The van der Waals surface area contributed by atoms with Crippen molar-refractivity contribution in [2.75, 3.05) is 19.5 Å². The van der Waals surface area contributed by atoms with Gasteiger partial charge >= 0.3 is 0 Å². The van der Waals surface area contributed by atoms with Crippen LogP contribution in [0.1, 0.15) is 36.0 Å². The van der Waals surface area contributed by atoms with Gasteiger partial charge in [-0.15, -0.1) is 0 Å². The first-order valence-corrected chi connectivity index (χ1v) is 10.1. The van der Waals surface area contributed by atoms with E-state index in [9.17, 15) is 9.59 Å². The maximum Gasteiger partial charge on any atom is 0.256 e. The first-order chi connectivity index (χ1) is 13.5. The number of halogens is 1. The summed E-state index contributed by atoms with van der Waals surface area (Å²) in [5.74, 6) is 0.680. The molecule has 2 N–H and O–H groups in total. The van der Waals surface area contributed by atoms with E-state index >= 15 is 0 Å². The van der Waals surface area contributed by atoms with Crippen molar-refractivity contribution in [1.29, 1.82) is 0 Å². The highest BCUT2D eigenvalue weighted by molar-refractivity contribution is 14.1. The minimum atomic E-state index is -0.291. The second kappa shape index (κ2) is 9.26. The van der Waals surface area contributed by atoms with Crippen LogP contribution in [-0.4, -0.2) is 41.9 Å². The molecule has 2 amide bonds. The molecular formula is C19H23IN4O4. The average molecular weight is 498 g/mol. The molecule has 1 aliphatic rings. The van der Waals surface area contributed by atoms with Crippen LogP contribution in [-0.2, 0) is 11.3 Å². The molecule has 3 rings (SSSR count). The molecule has 1 aromatic heterocycles. The van der Waals surface area contributed by atoms with E-state index in [-0.39, 0.29) is 24.4 Å². The highest BCUT2D eigenvalue weighted by atomic mass is 127. The summed E-state index contributed by atoms with van der Waals surface area (Å²) in [7, 11) is 3.07. The van der Waals surface area contributed by atoms with Gasteiger partial charge in [-0.1, -0.05) is 12.8 Å². The van der Waals surface area contributed by atoms with Gasteiger partial charge in [0.25, 0.3) is 5.91 Å². The fourth-order valence-corrected chi connectivity index (χ4v) is 3.92. The summed E-state index contributed by atoms with van der Waals surface area (Å²) in [5, 5.41) is 9.98. The predicted molar refractivity (Wildman–Crippen MR) is 113 cm³/mol. The Morgan fingerprint density at radius 3 is 2.57 bits per heavy atom. The Kier molecular flexibility index (Phi) is 6.76. The number of amides is 2. The van der Waals surface area contributed by atoms with Crippen molar-refractivity contribution in [1.82, 2.24) is 15.1 Å². The Bertz CT molecular complexity index is 862. The number of ether oxygens (including phenoxy) is 2. The Morgan fingerprint density at radius 1 is 1.21 bits per heavy atom. The van der Waals surface area contributed by atoms with Crippen molar-refractivity contribution in [2.24, 2.45) is 0 Å². The molecule has 9 heteroatoms. The smallest absolute Gasteiger partial charge is 0.256 e. The van der Waals surface area contributed by atoms with Gasteiger partial charge in [-0.3, -0.25) is 14.3 Å². The molecule has 1 heterocycles. The standard InChI is InChI=1S/C19H23IN4O4/c1-27-16-7-14(15(20)8-17(16)28-2)19(26)23-13-9-21-24(10-13)11-18(25)22-12-5-3-4-6-12/h7-10,12H,3-6,11H2,1-2H3,(H,22,25)(H,23,26). The van der Waals surface area contributed by atoms with E-state index < -0.39 is 0 Å². The molecule has 0 radical (unpaired) electrons. The van der Waals surface area contributed by atoms with E-state index in [0.717, 1.165) is 29.3 Å². The predicted octanol–water partition coefficient (Wildman–Crippen LogP) is 2.82. The minimum Gasteiger partial charge on any atom is -0.493 e. The van der Waals surface area contributed by atoms with Crippen molar-refractivity contribution in [3.63, 3.8) is 0 Å². The van der Waals surface area contributed by atoms with E-state index in [1.165, 1.54) is 18.0 Å². The van der Waals surface area contributed by atoms with E-state index in [0.29, 0.717) is 22.7 Å². The van der Waals surface area contributed by atoms with Gasteiger partial charge in [-0.25, -0.2) is 0 Å². The summed E-state index contributed by atoms with van der Waals surface area (Å²) in [5.41, 5.74) is 0.981. The summed E-state index contributed by atoms with van der Waals surface area (Å²) in [6.45, 7) is 0.125. The van der Waals surface area contributed by atoms with E-state index in [1.807, 2.05) is 0 Å². The molecule has 0 spiro atoms. The molecule has 1 aliphatic carbocycles. The summed E-state index contributed by atoms with van der Waals surface area (Å²) < 4.78 is 12.8. The number of aromatic nitrogens is 2. The van der Waals surface area contributed by atoms with Crippen molar-refractivity contribution >= 4 is 40.1 Å². The van der Waals surface area contributed by atoms with Crippen LogP contribution in [0.15, 0.2) is 24.5 Å². The Morgan fingerprint density at radius 2 is 1.89 bits per heavy atom. The zero-order chi connectivity index (χ0) is 20.1. The fraction of sp³-hybridized carbons (Fsp3) is 0.421. The van der Waals surface area contributed by atoms with Gasteiger partial charge in [0.2, 0.25) is 5.91 Å². The Hall–Kier alpha value is -2.30. The van der Waals surface area contributed by atoms with Gasteiger partial charge in [0.15, 0.2) is 11.5 Å². The van der Waals surface area contributed by atoms with Crippen molar-refractivity contribution in [3.05, 3.63) is 33.7 Å². The molecule has 8 nitrogen and oxygen atoms in total. The first kappa shape index (κ1) is 20.4. The van der Waals surface area contributed by atoms with E-state index in [2.05, 4.69) is 38.3 Å². The number of hydrogen-bond donors (Lipinski definition) is 2. The normalized spacial score (nSPS) is 14.0. The minimum absolute atomic E-state index is 0.0673. The number of nitrogens with zero attached hydrogens (tertiary/aromatic N) is 2. The number of carbonyl (C=O) groups excluding carboxylic acids is 2. The Labute approximate surface area is 177 Å². The molecule has 0 atom stereocenters. The third kappa shape index (κ3) is 4.94. The van der Waals surface area contributed by atoms with Gasteiger partial charge in [-0.2, -0.15) is 5.10 Å². The zero-order valence-corrected chi connectivity index (χ0v) is 18.0. The second-order valence-corrected chi connectivity index (χ2v) is 7.78. The van der Waals surface area contributed by atoms with Crippen LogP contribution < -0.4 is 20.1 Å².